The molecule has 2 aromatic rings. The Morgan fingerprint density at radius 1 is 1.29 bits per heavy atom. The van der Waals surface area contributed by atoms with Gasteiger partial charge < -0.3 is 20.1 Å². The van der Waals surface area contributed by atoms with Gasteiger partial charge in [0.05, 0.1) is 12.3 Å². The first kappa shape index (κ1) is 19.7. The average Bonchev–Trinajstić information content (AvgIpc) is 3.01. The minimum atomic E-state index is -0.517. The lowest BCUT2D eigenvalue weighted by Crippen LogP contribution is -2.32. The van der Waals surface area contributed by atoms with Gasteiger partial charge in [0.25, 0.3) is 0 Å². The van der Waals surface area contributed by atoms with E-state index >= 15 is 0 Å². The molecule has 6 heteroatoms. The second-order valence-electron chi connectivity index (χ2n) is 7.01. The molecule has 2 N–H and O–H groups in total. The number of fused-ring (bicyclic) bond motifs is 1. The van der Waals surface area contributed by atoms with Crippen molar-refractivity contribution in [2.45, 2.75) is 46.3 Å². The first-order valence-corrected chi connectivity index (χ1v) is 9.52. The van der Waals surface area contributed by atoms with Gasteiger partial charge in [-0.2, -0.15) is 0 Å². The van der Waals surface area contributed by atoms with Crippen LogP contribution in [0.4, 0.5) is 11.4 Å². The van der Waals surface area contributed by atoms with E-state index in [1.165, 1.54) is 6.92 Å². The molecule has 1 aliphatic heterocycles. The maximum Gasteiger partial charge on any atom is 0.246 e. The number of carbonyl (C=O) groups is 2. The molecule has 0 bridgehead atoms. The van der Waals surface area contributed by atoms with Crippen molar-refractivity contribution < 1.29 is 19.1 Å². The molecule has 0 saturated carbocycles. The molecule has 2 aromatic carbocycles. The van der Waals surface area contributed by atoms with E-state index in [0.29, 0.717) is 23.6 Å². The van der Waals surface area contributed by atoms with Gasteiger partial charge in [0.2, 0.25) is 5.91 Å². The second kappa shape index (κ2) is 8.33. The minimum Gasteiger partial charge on any atom is -0.492 e. The quantitative estimate of drug-likeness (QED) is 0.707. The average molecular weight is 382 g/mol. The summed E-state index contributed by atoms with van der Waals surface area (Å²) < 4.78 is 11.6. The highest BCUT2D eigenvalue weighted by molar-refractivity contribution is 5.99. The Labute approximate surface area is 165 Å². The monoisotopic (exact) mass is 382 g/mol. The number of ketones is 1. The van der Waals surface area contributed by atoms with Gasteiger partial charge >= 0.3 is 0 Å². The Morgan fingerprint density at radius 2 is 2.07 bits per heavy atom. The van der Waals surface area contributed by atoms with E-state index in [1.807, 2.05) is 26.0 Å². The third kappa shape index (κ3) is 4.44. The molecule has 148 valence electrons. The molecular weight excluding hydrogens is 356 g/mol. The molecule has 0 saturated heterocycles. The minimum absolute atomic E-state index is 0.0454. The maximum absolute atomic E-state index is 12.6. The van der Waals surface area contributed by atoms with Crippen LogP contribution in [0.15, 0.2) is 36.4 Å². The normalized spacial score (nSPS) is 15.9. The van der Waals surface area contributed by atoms with Crippen molar-refractivity contribution in [1.82, 2.24) is 0 Å². The number of nitrogens with one attached hydrogen (secondary N) is 2. The van der Waals surface area contributed by atoms with Crippen molar-refractivity contribution in [1.29, 1.82) is 0 Å². The lowest BCUT2D eigenvalue weighted by atomic mass is 10.1. The zero-order valence-electron chi connectivity index (χ0n) is 16.7. The summed E-state index contributed by atoms with van der Waals surface area (Å²) >= 11 is 0. The Balaban J connectivity index is 1.74. The van der Waals surface area contributed by atoms with Crippen LogP contribution in [-0.4, -0.2) is 30.4 Å². The molecule has 0 radical (unpaired) electrons. The van der Waals surface area contributed by atoms with Crippen LogP contribution in [0.1, 0.15) is 43.6 Å². The fraction of sp³-hybridized carbons (Fsp3) is 0.364. The molecule has 1 heterocycles. The molecule has 2 atom stereocenters. The Hall–Kier alpha value is -3.02. The molecule has 3 rings (SSSR count). The van der Waals surface area contributed by atoms with Crippen molar-refractivity contribution in [3.63, 3.8) is 0 Å². The molecule has 0 unspecified atom stereocenters. The lowest BCUT2D eigenvalue weighted by Gasteiger charge is -2.19. The molecule has 6 nitrogen and oxygen atoms in total. The molecule has 0 aromatic heterocycles. The summed E-state index contributed by atoms with van der Waals surface area (Å²) in [6, 6.07) is 10.2. The van der Waals surface area contributed by atoms with E-state index in [2.05, 4.69) is 10.6 Å². The molecular formula is C22H26N2O4. The Kier molecular flexibility index (Phi) is 5.87. The van der Waals surface area contributed by atoms with Gasteiger partial charge in [-0.15, -0.1) is 0 Å². The van der Waals surface area contributed by atoms with E-state index < -0.39 is 6.04 Å². The zero-order chi connectivity index (χ0) is 20.3. The predicted octanol–water partition coefficient (Wildman–Crippen LogP) is 4.05. The van der Waals surface area contributed by atoms with Gasteiger partial charge in [0.1, 0.15) is 23.6 Å². The highest BCUT2D eigenvalue weighted by atomic mass is 16.5. The number of rotatable bonds is 7. The number of amides is 1. The van der Waals surface area contributed by atoms with Gasteiger partial charge in [-0.25, -0.2) is 0 Å². The summed E-state index contributed by atoms with van der Waals surface area (Å²) in [5, 5.41) is 6.06. The van der Waals surface area contributed by atoms with Crippen LogP contribution < -0.4 is 20.1 Å². The molecule has 0 spiro atoms. The highest BCUT2D eigenvalue weighted by Crippen LogP contribution is 2.38. The van der Waals surface area contributed by atoms with E-state index in [-0.39, 0.29) is 17.8 Å². The standard InChI is InChI=1S/C22H26N2O4/c1-5-27-21-11-17-9-13(2)28-20(17)12-19(21)23-14(3)22(26)24-18-8-6-7-16(10-18)15(4)25/h6-8,10-14,23H,5,9H2,1-4H3,(H,24,26)/t13-,14+/m1/s1. The van der Waals surface area contributed by atoms with E-state index in [4.69, 9.17) is 9.47 Å². The predicted molar refractivity (Wildman–Crippen MR) is 110 cm³/mol. The number of hydrogen-bond acceptors (Lipinski definition) is 5. The zero-order valence-corrected chi connectivity index (χ0v) is 16.7. The van der Waals surface area contributed by atoms with Crippen molar-refractivity contribution in [2.75, 3.05) is 17.2 Å². The van der Waals surface area contributed by atoms with Gasteiger partial charge in [-0.05, 0) is 45.9 Å². The number of anilines is 2. The summed E-state index contributed by atoms with van der Waals surface area (Å²) in [5.41, 5.74) is 2.97. The third-order valence-electron chi connectivity index (χ3n) is 4.60. The second-order valence-corrected chi connectivity index (χ2v) is 7.01. The van der Waals surface area contributed by atoms with Crippen LogP contribution in [0, 0.1) is 0 Å². The van der Waals surface area contributed by atoms with Gasteiger partial charge in [-0.3, -0.25) is 9.59 Å². The fourth-order valence-corrected chi connectivity index (χ4v) is 3.19. The topological polar surface area (TPSA) is 76.7 Å². The number of ether oxygens (including phenoxy) is 2. The molecule has 1 aliphatic rings. The van der Waals surface area contributed by atoms with E-state index in [9.17, 15) is 9.59 Å². The van der Waals surface area contributed by atoms with Crippen molar-refractivity contribution in [3.05, 3.63) is 47.5 Å². The number of carbonyl (C=O) groups excluding carboxylic acids is 2. The van der Waals surface area contributed by atoms with Gasteiger partial charge in [0, 0.05) is 29.3 Å². The van der Waals surface area contributed by atoms with Gasteiger partial charge in [-0.1, -0.05) is 12.1 Å². The maximum atomic E-state index is 12.6. The van der Waals surface area contributed by atoms with E-state index in [1.54, 1.807) is 31.2 Å². The van der Waals surface area contributed by atoms with Crippen LogP contribution in [0.3, 0.4) is 0 Å². The SMILES string of the molecule is CCOc1cc2c(cc1N[C@@H](C)C(=O)Nc1cccc(C(C)=O)c1)O[C@H](C)C2. The molecule has 28 heavy (non-hydrogen) atoms. The summed E-state index contributed by atoms with van der Waals surface area (Å²) in [5.74, 6) is 1.27. The molecule has 1 amide bonds. The third-order valence-corrected chi connectivity index (χ3v) is 4.60. The van der Waals surface area contributed by atoms with E-state index in [0.717, 1.165) is 23.4 Å². The van der Waals surface area contributed by atoms with Crippen LogP contribution in [0.2, 0.25) is 0 Å². The number of benzene rings is 2. The summed E-state index contributed by atoms with van der Waals surface area (Å²) in [6.07, 6.45) is 0.979. The largest absolute Gasteiger partial charge is 0.492 e. The van der Waals surface area contributed by atoms with Crippen LogP contribution in [0.5, 0.6) is 11.5 Å². The highest BCUT2D eigenvalue weighted by Gasteiger charge is 2.23. The van der Waals surface area contributed by atoms with Gasteiger partial charge in [0.15, 0.2) is 5.78 Å². The smallest absolute Gasteiger partial charge is 0.246 e. The summed E-state index contributed by atoms with van der Waals surface area (Å²) in [4.78, 5) is 24.1. The van der Waals surface area contributed by atoms with Crippen LogP contribution in [0.25, 0.3) is 0 Å². The number of Topliss-reactive ketones (excluding diaryl/α,β-unsaturated/α-hetero) is 1. The van der Waals surface area contributed by atoms with Crippen molar-refractivity contribution in [2.24, 2.45) is 0 Å². The fourth-order valence-electron chi connectivity index (χ4n) is 3.19. The lowest BCUT2D eigenvalue weighted by molar-refractivity contribution is -0.116. The summed E-state index contributed by atoms with van der Waals surface area (Å²) in [6.45, 7) is 7.75. The number of hydrogen-bond donors (Lipinski definition) is 2. The molecule has 0 aliphatic carbocycles. The first-order valence-electron chi connectivity index (χ1n) is 9.52. The van der Waals surface area contributed by atoms with Crippen LogP contribution >= 0.6 is 0 Å². The van der Waals surface area contributed by atoms with Crippen molar-refractivity contribution in [3.8, 4) is 11.5 Å². The first-order chi connectivity index (χ1) is 13.4. The van der Waals surface area contributed by atoms with Crippen LogP contribution in [-0.2, 0) is 11.2 Å². The Bertz CT molecular complexity index is 894. The van der Waals surface area contributed by atoms with Crippen molar-refractivity contribution >= 4 is 23.1 Å². The molecule has 0 fully saturated rings. The Morgan fingerprint density at radius 3 is 2.79 bits per heavy atom. The summed E-state index contributed by atoms with van der Waals surface area (Å²) in [7, 11) is 0.